The summed E-state index contributed by atoms with van der Waals surface area (Å²) in [7, 11) is 3.28. The van der Waals surface area contributed by atoms with Crippen molar-refractivity contribution in [3.05, 3.63) is 29.3 Å². The molecular formula is C14H21NO2. The minimum Gasteiger partial charge on any atom is -0.493 e. The standard InChI is InChI=1S/C14H21NO2/c1-10(2)12(9-15)8-11-6-5-7-13(16-3)14(11)17-4/h5-8,10H,9,15H2,1-4H3. The molecule has 0 atom stereocenters. The first kappa shape index (κ1) is 13.6. The molecule has 0 radical (unpaired) electrons. The van der Waals surface area contributed by atoms with E-state index in [1.165, 1.54) is 5.57 Å². The Morgan fingerprint density at radius 3 is 2.47 bits per heavy atom. The van der Waals surface area contributed by atoms with E-state index in [4.69, 9.17) is 15.2 Å². The number of benzene rings is 1. The lowest BCUT2D eigenvalue weighted by Gasteiger charge is -2.13. The maximum atomic E-state index is 5.74. The number of hydrogen-bond acceptors (Lipinski definition) is 3. The lowest BCUT2D eigenvalue weighted by atomic mass is 10.00. The molecule has 0 spiro atoms. The molecule has 0 fully saturated rings. The van der Waals surface area contributed by atoms with E-state index in [1.54, 1.807) is 14.2 Å². The van der Waals surface area contributed by atoms with Gasteiger partial charge in [-0.2, -0.15) is 0 Å². The van der Waals surface area contributed by atoms with Crippen LogP contribution in [-0.2, 0) is 0 Å². The van der Waals surface area contributed by atoms with E-state index < -0.39 is 0 Å². The molecule has 0 amide bonds. The third kappa shape index (κ3) is 3.24. The molecule has 1 aromatic carbocycles. The molecule has 0 saturated heterocycles. The van der Waals surface area contributed by atoms with Crippen molar-refractivity contribution in [1.82, 2.24) is 0 Å². The van der Waals surface area contributed by atoms with Gasteiger partial charge < -0.3 is 15.2 Å². The van der Waals surface area contributed by atoms with Crippen molar-refractivity contribution >= 4 is 6.08 Å². The van der Waals surface area contributed by atoms with Gasteiger partial charge in [0.1, 0.15) is 0 Å². The Labute approximate surface area is 103 Å². The van der Waals surface area contributed by atoms with Crippen LogP contribution < -0.4 is 15.2 Å². The van der Waals surface area contributed by atoms with E-state index in [2.05, 4.69) is 19.9 Å². The summed E-state index contributed by atoms with van der Waals surface area (Å²) in [5, 5.41) is 0. The monoisotopic (exact) mass is 235 g/mol. The fraction of sp³-hybridized carbons (Fsp3) is 0.429. The van der Waals surface area contributed by atoms with Crippen LogP contribution in [0.15, 0.2) is 23.8 Å². The Morgan fingerprint density at radius 2 is 2.00 bits per heavy atom. The molecule has 0 aliphatic rings. The van der Waals surface area contributed by atoms with Gasteiger partial charge in [0.25, 0.3) is 0 Å². The number of methoxy groups -OCH3 is 2. The molecule has 0 aliphatic heterocycles. The fourth-order valence-electron chi connectivity index (χ4n) is 1.69. The molecule has 0 bridgehead atoms. The molecule has 0 unspecified atom stereocenters. The highest BCUT2D eigenvalue weighted by Gasteiger charge is 2.09. The van der Waals surface area contributed by atoms with Gasteiger partial charge in [0.2, 0.25) is 0 Å². The van der Waals surface area contributed by atoms with E-state index >= 15 is 0 Å². The van der Waals surface area contributed by atoms with Crippen molar-refractivity contribution in [1.29, 1.82) is 0 Å². The van der Waals surface area contributed by atoms with Crippen molar-refractivity contribution in [2.75, 3.05) is 20.8 Å². The Hall–Kier alpha value is -1.48. The zero-order valence-corrected chi connectivity index (χ0v) is 11.0. The summed E-state index contributed by atoms with van der Waals surface area (Å²) in [6.45, 7) is 4.81. The Bertz CT molecular complexity index is 397. The third-order valence-corrected chi connectivity index (χ3v) is 2.75. The molecule has 3 heteroatoms. The first-order valence-electron chi connectivity index (χ1n) is 5.75. The third-order valence-electron chi connectivity index (χ3n) is 2.75. The first-order valence-corrected chi connectivity index (χ1v) is 5.75. The van der Waals surface area contributed by atoms with Gasteiger partial charge in [0.15, 0.2) is 11.5 Å². The fourth-order valence-corrected chi connectivity index (χ4v) is 1.69. The molecular weight excluding hydrogens is 214 g/mol. The van der Waals surface area contributed by atoms with Gasteiger partial charge in [-0.05, 0) is 12.0 Å². The van der Waals surface area contributed by atoms with E-state index in [0.29, 0.717) is 12.5 Å². The predicted octanol–water partition coefficient (Wildman–Crippen LogP) is 2.70. The maximum Gasteiger partial charge on any atom is 0.167 e. The maximum absolute atomic E-state index is 5.74. The van der Waals surface area contributed by atoms with Gasteiger partial charge in [-0.1, -0.05) is 37.6 Å². The number of rotatable bonds is 5. The molecule has 0 heterocycles. The predicted molar refractivity (Wildman–Crippen MR) is 71.4 cm³/mol. The summed E-state index contributed by atoms with van der Waals surface area (Å²) in [4.78, 5) is 0. The highest BCUT2D eigenvalue weighted by Crippen LogP contribution is 2.32. The van der Waals surface area contributed by atoms with Crippen LogP contribution in [0.4, 0.5) is 0 Å². The largest absolute Gasteiger partial charge is 0.493 e. The SMILES string of the molecule is COc1cccc(C=C(CN)C(C)C)c1OC. The van der Waals surface area contributed by atoms with Crippen molar-refractivity contribution in [3.8, 4) is 11.5 Å². The van der Waals surface area contributed by atoms with E-state index in [0.717, 1.165) is 17.1 Å². The molecule has 3 nitrogen and oxygen atoms in total. The van der Waals surface area contributed by atoms with Crippen molar-refractivity contribution in [3.63, 3.8) is 0 Å². The van der Waals surface area contributed by atoms with Crippen LogP contribution in [0.5, 0.6) is 11.5 Å². The Morgan fingerprint density at radius 1 is 1.29 bits per heavy atom. The summed E-state index contributed by atoms with van der Waals surface area (Å²) in [6.07, 6.45) is 2.08. The normalized spacial score (nSPS) is 11.8. The lowest BCUT2D eigenvalue weighted by Crippen LogP contribution is -2.08. The highest BCUT2D eigenvalue weighted by molar-refractivity contribution is 5.64. The van der Waals surface area contributed by atoms with Gasteiger partial charge in [0.05, 0.1) is 14.2 Å². The van der Waals surface area contributed by atoms with Crippen LogP contribution in [0.25, 0.3) is 6.08 Å². The summed E-state index contributed by atoms with van der Waals surface area (Å²) in [5.74, 6) is 1.92. The van der Waals surface area contributed by atoms with Crippen molar-refractivity contribution < 1.29 is 9.47 Å². The molecule has 1 rings (SSSR count). The topological polar surface area (TPSA) is 44.5 Å². The average Bonchev–Trinajstić information content (AvgIpc) is 2.34. The van der Waals surface area contributed by atoms with Gasteiger partial charge in [-0.3, -0.25) is 0 Å². The van der Waals surface area contributed by atoms with Crippen LogP contribution in [0.1, 0.15) is 19.4 Å². The van der Waals surface area contributed by atoms with E-state index in [9.17, 15) is 0 Å². The highest BCUT2D eigenvalue weighted by atomic mass is 16.5. The van der Waals surface area contributed by atoms with Gasteiger partial charge in [0, 0.05) is 12.1 Å². The minimum atomic E-state index is 0.427. The van der Waals surface area contributed by atoms with Crippen molar-refractivity contribution in [2.24, 2.45) is 11.7 Å². The van der Waals surface area contributed by atoms with Crippen LogP contribution in [0.2, 0.25) is 0 Å². The van der Waals surface area contributed by atoms with Crippen LogP contribution in [-0.4, -0.2) is 20.8 Å². The van der Waals surface area contributed by atoms with Crippen molar-refractivity contribution in [2.45, 2.75) is 13.8 Å². The molecule has 2 N–H and O–H groups in total. The number of ether oxygens (including phenoxy) is 2. The molecule has 17 heavy (non-hydrogen) atoms. The Kier molecular flexibility index (Phi) is 5.04. The van der Waals surface area contributed by atoms with E-state index in [1.807, 2.05) is 18.2 Å². The number of para-hydroxylation sites is 1. The average molecular weight is 235 g/mol. The first-order chi connectivity index (χ1) is 8.13. The Balaban J connectivity index is 3.21. The van der Waals surface area contributed by atoms with Gasteiger partial charge >= 0.3 is 0 Å². The quantitative estimate of drug-likeness (QED) is 0.853. The lowest BCUT2D eigenvalue weighted by molar-refractivity contribution is 0.354. The minimum absolute atomic E-state index is 0.427. The zero-order valence-electron chi connectivity index (χ0n) is 11.0. The zero-order chi connectivity index (χ0) is 12.8. The summed E-state index contributed by atoms with van der Waals surface area (Å²) < 4.78 is 10.6. The molecule has 0 saturated carbocycles. The second-order valence-electron chi connectivity index (χ2n) is 4.16. The smallest absolute Gasteiger partial charge is 0.167 e. The second kappa shape index (κ2) is 6.30. The second-order valence-corrected chi connectivity index (χ2v) is 4.16. The number of nitrogens with two attached hydrogens (primary N) is 1. The summed E-state index contributed by atoms with van der Waals surface area (Å²) in [6, 6.07) is 5.83. The van der Waals surface area contributed by atoms with Crippen LogP contribution in [0.3, 0.4) is 0 Å². The van der Waals surface area contributed by atoms with E-state index in [-0.39, 0.29) is 0 Å². The molecule has 1 aromatic rings. The van der Waals surface area contributed by atoms with Crippen LogP contribution in [0, 0.1) is 5.92 Å². The summed E-state index contributed by atoms with van der Waals surface area (Å²) >= 11 is 0. The molecule has 0 aliphatic carbocycles. The molecule has 94 valence electrons. The van der Waals surface area contributed by atoms with Gasteiger partial charge in [-0.25, -0.2) is 0 Å². The number of hydrogen-bond donors (Lipinski definition) is 1. The summed E-state index contributed by atoms with van der Waals surface area (Å²) in [5.41, 5.74) is 7.94. The van der Waals surface area contributed by atoms with Gasteiger partial charge in [-0.15, -0.1) is 0 Å². The van der Waals surface area contributed by atoms with Crippen LogP contribution >= 0.6 is 0 Å². The molecule has 0 aromatic heterocycles.